The molecule has 2 aromatic carbocycles. The van der Waals surface area contributed by atoms with Crippen LogP contribution in [0.15, 0.2) is 42.5 Å². The first-order chi connectivity index (χ1) is 14.8. The van der Waals surface area contributed by atoms with Gasteiger partial charge in [0.05, 0.1) is 17.8 Å². The van der Waals surface area contributed by atoms with Gasteiger partial charge in [0, 0.05) is 33.6 Å². The standard InChI is InChI=1S/C24H25ClN4O2/c1-14-7-10-20(12-22(14)25)29-16(3)21(15(2)28-29)13-23(30)26-19-6-4-5-17(11-19)24(31)27-18-8-9-18/h4-7,10-12,18H,8-9,13H2,1-3H3,(H,26,30)(H,27,31). The average molecular weight is 437 g/mol. The van der Waals surface area contributed by atoms with Crippen molar-refractivity contribution >= 4 is 29.1 Å². The van der Waals surface area contributed by atoms with E-state index in [-0.39, 0.29) is 24.3 Å². The molecule has 0 bridgehead atoms. The van der Waals surface area contributed by atoms with Gasteiger partial charge in [0.1, 0.15) is 0 Å². The number of nitrogens with one attached hydrogen (secondary N) is 2. The molecule has 1 saturated carbocycles. The molecule has 0 saturated heterocycles. The van der Waals surface area contributed by atoms with Crippen LogP contribution in [-0.2, 0) is 11.2 Å². The Balaban J connectivity index is 1.48. The quantitative estimate of drug-likeness (QED) is 0.596. The molecule has 6 nitrogen and oxygen atoms in total. The lowest BCUT2D eigenvalue weighted by Crippen LogP contribution is -2.25. The van der Waals surface area contributed by atoms with E-state index in [0.29, 0.717) is 16.3 Å². The van der Waals surface area contributed by atoms with E-state index in [0.717, 1.165) is 41.0 Å². The van der Waals surface area contributed by atoms with Gasteiger partial charge in [0.25, 0.3) is 5.91 Å². The van der Waals surface area contributed by atoms with Gasteiger partial charge in [-0.05, 0) is 69.5 Å². The zero-order valence-electron chi connectivity index (χ0n) is 17.8. The normalized spacial score (nSPS) is 13.2. The fraction of sp³-hybridized carbons (Fsp3) is 0.292. The van der Waals surface area contributed by atoms with Gasteiger partial charge in [-0.3, -0.25) is 9.59 Å². The summed E-state index contributed by atoms with van der Waals surface area (Å²) in [7, 11) is 0. The molecular weight excluding hydrogens is 412 g/mol. The number of nitrogens with zero attached hydrogens (tertiary/aromatic N) is 2. The largest absolute Gasteiger partial charge is 0.349 e. The van der Waals surface area contributed by atoms with E-state index in [9.17, 15) is 9.59 Å². The van der Waals surface area contributed by atoms with E-state index < -0.39 is 0 Å². The van der Waals surface area contributed by atoms with Crippen molar-refractivity contribution in [1.29, 1.82) is 0 Å². The van der Waals surface area contributed by atoms with Crippen LogP contribution in [0.4, 0.5) is 5.69 Å². The molecule has 1 aliphatic rings. The van der Waals surface area contributed by atoms with E-state index in [1.807, 2.05) is 43.7 Å². The highest BCUT2D eigenvalue weighted by atomic mass is 35.5. The molecule has 0 aliphatic heterocycles. The number of hydrogen-bond donors (Lipinski definition) is 2. The maximum absolute atomic E-state index is 12.7. The van der Waals surface area contributed by atoms with E-state index in [1.165, 1.54) is 0 Å². The highest BCUT2D eigenvalue weighted by Gasteiger charge is 2.24. The molecule has 0 spiro atoms. The summed E-state index contributed by atoms with van der Waals surface area (Å²) in [5, 5.41) is 11.1. The van der Waals surface area contributed by atoms with Crippen molar-refractivity contribution in [2.75, 3.05) is 5.32 Å². The molecule has 160 valence electrons. The molecule has 4 rings (SSSR count). The van der Waals surface area contributed by atoms with Crippen LogP contribution in [0.5, 0.6) is 0 Å². The summed E-state index contributed by atoms with van der Waals surface area (Å²) >= 11 is 6.27. The summed E-state index contributed by atoms with van der Waals surface area (Å²) in [5.74, 6) is -0.268. The van der Waals surface area contributed by atoms with Crippen LogP contribution in [0.2, 0.25) is 5.02 Å². The smallest absolute Gasteiger partial charge is 0.251 e. The molecule has 3 aromatic rings. The van der Waals surface area contributed by atoms with E-state index in [2.05, 4.69) is 15.7 Å². The summed E-state index contributed by atoms with van der Waals surface area (Å²) in [6.45, 7) is 5.79. The molecule has 0 unspecified atom stereocenters. The van der Waals surface area contributed by atoms with Crippen molar-refractivity contribution in [3.05, 3.63) is 75.6 Å². The second-order valence-electron chi connectivity index (χ2n) is 8.05. The number of carbonyl (C=O) groups excluding carboxylic acids is 2. The number of halogens is 1. The Kier molecular flexibility index (Phi) is 5.83. The van der Waals surface area contributed by atoms with Crippen LogP contribution < -0.4 is 10.6 Å². The fourth-order valence-corrected chi connectivity index (χ4v) is 3.67. The first-order valence-electron chi connectivity index (χ1n) is 10.3. The maximum Gasteiger partial charge on any atom is 0.251 e. The Labute approximate surface area is 186 Å². The zero-order chi connectivity index (χ0) is 22.1. The highest BCUT2D eigenvalue weighted by Crippen LogP contribution is 2.24. The minimum Gasteiger partial charge on any atom is -0.349 e. The summed E-state index contributed by atoms with van der Waals surface area (Å²) in [6, 6.07) is 13.1. The number of aryl methyl sites for hydroxylation is 2. The van der Waals surface area contributed by atoms with Crippen molar-refractivity contribution in [2.24, 2.45) is 0 Å². The first kappa shape index (κ1) is 21.1. The molecular formula is C24H25ClN4O2. The summed E-state index contributed by atoms with van der Waals surface area (Å²) < 4.78 is 1.81. The molecule has 0 atom stereocenters. The lowest BCUT2D eigenvalue weighted by Gasteiger charge is -2.09. The molecule has 1 aromatic heterocycles. The van der Waals surface area contributed by atoms with E-state index in [1.54, 1.807) is 24.3 Å². The number of amides is 2. The topological polar surface area (TPSA) is 76.0 Å². The third kappa shape index (κ3) is 4.80. The summed E-state index contributed by atoms with van der Waals surface area (Å²) in [4.78, 5) is 25.0. The van der Waals surface area contributed by atoms with Crippen LogP contribution >= 0.6 is 11.6 Å². The van der Waals surface area contributed by atoms with Crippen molar-refractivity contribution in [3.63, 3.8) is 0 Å². The number of aromatic nitrogens is 2. The molecule has 7 heteroatoms. The zero-order valence-corrected chi connectivity index (χ0v) is 18.6. The third-order valence-electron chi connectivity index (χ3n) is 5.50. The van der Waals surface area contributed by atoms with Crippen LogP contribution in [0.25, 0.3) is 5.69 Å². The van der Waals surface area contributed by atoms with Gasteiger partial charge >= 0.3 is 0 Å². The molecule has 31 heavy (non-hydrogen) atoms. The SMILES string of the molecule is Cc1ccc(-n2nc(C)c(CC(=O)Nc3cccc(C(=O)NC4CC4)c3)c2C)cc1Cl. The Bertz CT molecular complexity index is 1160. The van der Waals surface area contributed by atoms with Gasteiger partial charge in [-0.15, -0.1) is 0 Å². The Hall–Kier alpha value is -3.12. The van der Waals surface area contributed by atoms with Crippen molar-refractivity contribution in [3.8, 4) is 5.69 Å². The van der Waals surface area contributed by atoms with Crippen LogP contribution in [0, 0.1) is 20.8 Å². The van der Waals surface area contributed by atoms with Crippen molar-refractivity contribution in [2.45, 2.75) is 46.1 Å². The molecule has 1 heterocycles. The Morgan fingerprint density at radius 3 is 2.61 bits per heavy atom. The Morgan fingerprint density at radius 2 is 1.90 bits per heavy atom. The lowest BCUT2D eigenvalue weighted by atomic mass is 10.1. The average Bonchev–Trinajstić information content (AvgIpc) is 3.51. The lowest BCUT2D eigenvalue weighted by molar-refractivity contribution is -0.115. The molecule has 1 aliphatic carbocycles. The second kappa shape index (κ2) is 8.55. The molecule has 2 N–H and O–H groups in total. The predicted molar refractivity (Wildman–Crippen MR) is 122 cm³/mol. The number of rotatable bonds is 6. The van der Waals surface area contributed by atoms with Gasteiger partial charge in [-0.25, -0.2) is 4.68 Å². The van der Waals surface area contributed by atoms with E-state index in [4.69, 9.17) is 11.6 Å². The minimum atomic E-state index is -0.160. The maximum atomic E-state index is 12.7. The highest BCUT2D eigenvalue weighted by molar-refractivity contribution is 6.31. The van der Waals surface area contributed by atoms with Crippen LogP contribution in [0.3, 0.4) is 0 Å². The minimum absolute atomic E-state index is 0.108. The first-order valence-corrected chi connectivity index (χ1v) is 10.7. The van der Waals surface area contributed by atoms with Gasteiger partial charge in [-0.2, -0.15) is 5.10 Å². The Morgan fingerprint density at radius 1 is 1.13 bits per heavy atom. The second-order valence-corrected chi connectivity index (χ2v) is 8.46. The van der Waals surface area contributed by atoms with Gasteiger partial charge in [0.15, 0.2) is 0 Å². The van der Waals surface area contributed by atoms with Crippen LogP contribution in [-0.4, -0.2) is 27.6 Å². The van der Waals surface area contributed by atoms with Gasteiger partial charge in [0.2, 0.25) is 5.91 Å². The van der Waals surface area contributed by atoms with E-state index >= 15 is 0 Å². The monoisotopic (exact) mass is 436 g/mol. The van der Waals surface area contributed by atoms with Crippen molar-refractivity contribution in [1.82, 2.24) is 15.1 Å². The number of carbonyl (C=O) groups is 2. The van der Waals surface area contributed by atoms with Crippen LogP contribution in [0.1, 0.15) is 45.7 Å². The summed E-state index contributed by atoms with van der Waals surface area (Å²) in [5.41, 5.74) is 5.56. The fourth-order valence-electron chi connectivity index (χ4n) is 3.50. The third-order valence-corrected chi connectivity index (χ3v) is 5.91. The van der Waals surface area contributed by atoms with Gasteiger partial charge in [-0.1, -0.05) is 23.7 Å². The molecule has 2 amide bonds. The number of benzene rings is 2. The van der Waals surface area contributed by atoms with Crippen molar-refractivity contribution < 1.29 is 9.59 Å². The molecule has 0 radical (unpaired) electrons. The summed E-state index contributed by atoms with van der Waals surface area (Å²) in [6.07, 6.45) is 2.25. The van der Waals surface area contributed by atoms with Gasteiger partial charge < -0.3 is 10.6 Å². The predicted octanol–water partition coefficient (Wildman–Crippen LogP) is 4.52. The number of hydrogen-bond acceptors (Lipinski definition) is 3. The number of anilines is 1. The molecule has 1 fully saturated rings.